The van der Waals surface area contributed by atoms with Gasteiger partial charge in [-0.15, -0.1) is 0 Å². The van der Waals surface area contributed by atoms with Crippen molar-refractivity contribution in [2.24, 2.45) is 0 Å². The summed E-state index contributed by atoms with van der Waals surface area (Å²) in [4.78, 5) is 17.0. The highest BCUT2D eigenvalue weighted by molar-refractivity contribution is 6.05. The Hall–Kier alpha value is -3.40. The third-order valence-electron chi connectivity index (χ3n) is 4.40. The summed E-state index contributed by atoms with van der Waals surface area (Å²) < 4.78 is 5.84. The monoisotopic (exact) mass is 342 g/mol. The average molecular weight is 342 g/mol. The maximum atomic E-state index is 12.4. The molecule has 4 rings (SSSR count). The molecule has 0 fully saturated rings. The van der Waals surface area contributed by atoms with E-state index in [1.165, 1.54) is 0 Å². The summed E-state index contributed by atoms with van der Waals surface area (Å²) in [6.45, 7) is 3.94. The number of hydrogen-bond donors (Lipinski definition) is 1. The number of nitrogens with zero attached hydrogens (tertiary/aromatic N) is 1. The molecule has 128 valence electrons. The summed E-state index contributed by atoms with van der Waals surface area (Å²) in [6, 6.07) is 20.9. The number of amides is 1. The fraction of sp³-hybridized carbons (Fsp3) is 0.0909. The molecule has 0 saturated heterocycles. The van der Waals surface area contributed by atoms with Gasteiger partial charge in [0.25, 0.3) is 5.91 Å². The van der Waals surface area contributed by atoms with Crippen molar-refractivity contribution in [1.82, 2.24) is 4.98 Å². The fourth-order valence-electron chi connectivity index (χ4n) is 2.93. The van der Waals surface area contributed by atoms with Crippen molar-refractivity contribution in [2.45, 2.75) is 13.8 Å². The lowest BCUT2D eigenvalue weighted by Crippen LogP contribution is -2.13. The van der Waals surface area contributed by atoms with Gasteiger partial charge in [-0.05, 0) is 61.4 Å². The smallest absolute Gasteiger partial charge is 0.255 e. The highest BCUT2D eigenvalue weighted by atomic mass is 16.3. The van der Waals surface area contributed by atoms with Crippen LogP contribution in [0.15, 0.2) is 71.1 Å². The molecule has 0 radical (unpaired) electrons. The van der Waals surface area contributed by atoms with Gasteiger partial charge in [0, 0.05) is 16.8 Å². The molecule has 3 aromatic carbocycles. The van der Waals surface area contributed by atoms with Gasteiger partial charge in [-0.3, -0.25) is 4.79 Å². The van der Waals surface area contributed by atoms with Crippen LogP contribution in [0.4, 0.5) is 5.69 Å². The van der Waals surface area contributed by atoms with E-state index < -0.39 is 0 Å². The van der Waals surface area contributed by atoms with Crippen LogP contribution in [0, 0.1) is 13.8 Å². The molecule has 0 aliphatic carbocycles. The molecule has 1 heterocycles. The summed E-state index contributed by atoms with van der Waals surface area (Å²) in [5.74, 6) is 0.458. The molecule has 1 amide bonds. The molecule has 0 aliphatic rings. The van der Waals surface area contributed by atoms with Crippen LogP contribution in [0.2, 0.25) is 0 Å². The van der Waals surface area contributed by atoms with Crippen molar-refractivity contribution in [3.05, 3.63) is 83.4 Å². The molecule has 4 aromatic rings. The first kappa shape index (κ1) is 16.1. The summed E-state index contributed by atoms with van der Waals surface area (Å²) in [5.41, 5.74) is 5.95. The summed E-state index contributed by atoms with van der Waals surface area (Å²) in [6.07, 6.45) is 0. The molecule has 0 aliphatic heterocycles. The van der Waals surface area contributed by atoms with E-state index >= 15 is 0 Å². The van der Waals surface area contributed by atoms with Gasteiger partial charge in [-0.25, -0.2) is 4.98 Å². The van der Waals surface area contributed by atoms with Crippen molar-refractivity contribution in [3.8, 4) is 11.5 Å². The third-order valence-corrected chi connectivity index (χ3v) is 4.40. The predicted octanol–water partition coefficient (Wildman–Crippen LogP) is 5.36. The molecule has 0 saturated carbocycles. The van der Waals surface area contributed by atoms with Gasteiger partial charge in [0.2, 0.25) is 5.89 Å². The van der Waals surface area contributed by atoms with Crippen molar-refractivity contribution in [3.63, 3.8) is 0 Å². The van der Waals surface area contributed by atoms with E-state index in [-0.39, 0.29) is 5.91 Å². The van der Waals surface area contributed by atoms with E-state index in [2.05, 4.69) is 10.3 Å². The quantitative estimate of drug-likeness (QED) is 0.545. The second kappa shape index (κ2) is 6.48. The zero-order valence-electron chi connectivity index (χ0n) is 14.6. The highest BCUT2D eigenvalue weighted by Gasteiger charge is 2.11. The molecule has 1 N–H and O–H groups in total. The summed E-state index contributed by atoms with van der Waals surface area (Å²) in [7, 11) is 0. The normalized spacial score (nSPS) is 10.8. The van der Waals surface area contributed by atoms with Crippen LogP contribution < -0.4 is 5.32 Å². The summed E-state index contributed by atoms with van der Waals surface area (Å²) >= 11 is 0. The van der Waals surface area contributed by atoms with Crippen LogP contribution in [0.3, 0.4) is 0 Å². The standard InChI is InChI=1S/C22H18N2O2/c1-14-6-3-4-8-18(14)21(25)23-17-12-10-16(11-13-17)22-24-20-15(2)7-5-9-19(20)26-22/h3-13H,1-2H3,(H,23,25). The van der Waals surface area contributed by atoms with Gasteiger partial charge in [0.05, 0.1) is 0 Å². The maximum Gasteiger partial charge on any atom is 0.255 e. The minimum absolute atomic E-state index is 0.117. The van der Waals surface area contributed by atoms with E-state index in [1.54, 1.807) is 0 Å². The molecule has 26 heavy (non-hydrogen) atoms. The molecule has 4 heteroatoms. The van der Waals surface area contributed by atoms with E-state index in [4.69, 9.17) is 4.42 Å². The Bertz CT molecular complexity index is 1090. The molecule has 1 aromatic heterocycles. The van der Waals surface area contributed by atoms with Gasteiger partial charge in [-0.2, -0.15) is 0 Å². The van der Waals surface area contributed by atoms with Crippen molar-refractivity contribution < 1.29 is 9.21 Å². The number of hydrogen-bond acceptors (Lipinski definition) is 3. The Morgan fingerprint density at radius 2 is 1.62 bits per heavy atom. The Labute approximate surface area is 151 Å². The zero-order chi connectivity index (χ0) is 18.1. The third kappa shape index (κ3) is 2.97. The second-order valence-corrected chi connectivity index (χ2v) is 6.29. The van der Waals surface area contributed by atoms with Crippen molar-refractivity contribution in [2.75, 3.05) is 5.32 Å². The number of carbonyl (C=O) groups excluding carboxylic acids is 1. The number of benzene rings is 3. The van der Waals surface area contributed by atoms with Crippen LogP contribution in [0.5, 0.6) is 0 Å². The predicted molar refractivity (Wildman–Crippen MR) is 103 cm³/mol. The first-order valence-corrected chi connectivity index (χ1v) is 8.45. The Kier molecular flexibility index (Phi) is 4.01. The van der Waals surface area contributed by atoms with Crippen LogP contribution >= 0.6 is 0 Å². The van der Waals surface area contributed by atoms with Crippen LogP contribution in [0.1, 0.15) is 21.5 Å². The molecule has 4 nitrogen and oxygen atoms in total. The van der Waals surface area contributed by atoms with Crippen molar-refractivity contribution in [1.29, 1.82) is 0 Å². The minimum Gasteiger partial charge on any atom is -0.436 e. The van der Waals surface area contributed by atoms with E-state index in [0.29, 0.717) is 11.5 Å². The number of anilines is 1. The highest BCUT2D eigenvalue weighted by Crippen LogP contribution is 2.27. The Morgan fingerprint density at radius 3 is 2.35 bits per heavy atom. The molecular weight excluding hydrogens is 324 g/mol. The summed E-state index contributed by atoms with van der Waals surface area (Å²) in [5, 5.41) is 2.92. The zero-order valence-corrected chi connectivity index (χ0v) is 14.6. The number of fused-ring (bicyclic) bond motifs is 1. The van der Waals surface area contributed by atoms with E-state index in [1.807, 2.05) is 80.6 Å². The molecule has 0 spiro atoms. The van der Waals surface area contributed by atoms with Gasteiger partial charge in [0.15, 0.2) is 5.58 Å². The average Bonchev–Trinajstić information content (AvgIpc) is 3.08. The number of rotatable bonds is 3. The molecule has 0 bridgehead atoms. The Balaban J connectivity index is 1.57. The number of nitrogens with one attached hydrogen (secondary N) is 1. The van der Waals surface area contributed by atoms with Crippen LogP contribution in [-0.4, -0.2) is 10.9 Å². The van der Waals surface area contributed by atoms with Crippen LogP contribution in [-0.2, 0) is 0 Å². The van der Waals surface area contributed by atoms with E-state index in [0.717, 1.165) is 33.5 Å². The first-order valence-electron chi connectivity index (χ1n) is 8.45. The SMILES string of the molecule is Cc1ccccc1C(=O)Nc1ccc(-c2nc3c(C)cccc3o2)cc1. The minimum atomic E-state index is -0.117. The maximum absolute atomic E-state index is 12.4. The van der Waals surface area contributed by atoms with E-state index in [9.17, 15) is 4.79 Å². The second-order valence-electron chi connectivity index (χ2n) is 6.29. The Morgan fingerprint density at radius 1 is 0.885 bits per heavy atom. The van der Waals surface area contributed by atoms with Crippen LogP contribution in [0.25, 0.3) is 22.6 Å². The first-order chi connectivity index (χ1) is 12.6. The topological polar surface area (TPSA) is 55.1 Å². The molecule has 0 unspecified atom stereocenters. The van der Waals surface area contributed by atoms with Gasteiger partial charge in [0.1, 0.15) is 5.52 Å². The number of carbonyl (C=O) groups is 1. The number of oxazole rings is 1. The van der Waals surface area contributed by atoms with Gasteiger partial charge < -0.3 is 9.73 Å². The van der Waals surface area contributed by atoms with Crippen molar-refractivity contribution >= 4 is 22.7 Å². The van der Waals surface area contributed by atoms with Gasteiger partial charge >= 0.3 is 0 Å². The number of aromatic nitrogens is 1. The lowest BCUT2D eigenvalue weighted by atomic mass is 10.1. The molecular formula is C22H18N2O2. The fourth-order valence-corrected chi connectivity index (χ4v) is 2.93. The molecule has 0 atom stereocenters. The number of para-hydroxylation sites is 1. The number of aryl methyl sites for hydroxylation is 2. The largest absolute Gasteiger partial charge is 0.436 e. The van der Waals surface area contributed by atoms with Gasteiger partial charge in [-0.1, -0.05) is 30.3 Å². The lowest BCUT2D eigenvalue weighted by molar-refractivity contribution is 0.102. The lowest BCUT2D eigenvalue weighted by Gasteiger charge is -2.07.